The summed E-state index contributed by atoms with van der Waals surface area (Å²) in [5.41, 5.74) is 5.01. The topological polar surface area (TPSA) is 110 Å². The van der Waals surface area contributed by atoms with Crippen LogP contribution in [0.4, 0.5) is 22.2 Å². The first-order valence-corrected chi connectivity index (χ1v) is 13.3. The summed E-state index contributed by atoms with van der Waals surface area (Å²) in [7, 11) is 0. The second-order valence-corrected chi connectivity index (χ2v) is 9.45. The fourth-order valence-electron chi connectivity index (χ4n) is 4.57. The normalized spacial score (nSPS) is 13.4. The zero-order valence-electron chi connectivity index (χ0n) is 22.2. The molecule has 1 aliphatic heterocycles. The number of rotatable bonds is 7. The number of carbonyl (C=O) groups excluding carboxylic acids is 1. The molecular weight excluding hydrogens is 506 g/mol. The Morgan fingerprint density at radius 3 is 2.60 bits per heavy atom. The van der Waals surface area contributed by atoms with Gasteiger partial charge in [0.2, 0.25) is 5.95 Å². The number of piperazine rings is 1. The van der Waals surface area contributed by atoms with Gasteiger partial charge in [-0.15, -0.1) is 0 Å². The molecule has 1 fully saturated rings. The van der Waals surface area contributed by atoms with E-state index in [-0.39, 0.29) is 12.7 Å². The van der Waals surface area contributed by atoms with Crippen LogP contribution in [0.5, 0.6) is 0 Å². The summed E-state index contributed by atoms with van der Waals surface area (Å²) >= 11 is 0. The highest BCUT2D eigenvalue weighted by molar-refractivity contribution is 5.78. The van der Waals surface area contributed by atoms with E-state index in [1.54, 1.807) is 11.1 Å². The van der Waals surface area contributed by atoms with Gasteiger partial charge in [0, 0.05) is 56.2 Å². The number of pyridine rings is 1. The molecule has 0 unspecified atom stereocenters. The molecule has 1 saturated heterocycles. The molecule has 10 nitrogen and oxygen atoms in total. The van der Waals surface area contributed by atoms with Crippen molar-refractivity contribution in [1.82, 2.24) is 24.8 Å². The van der Waals surface area contributed by atoms with Crippen molar-refractivity contribution in [3.63, 3.8) is 0 Å². The Morgan fingerprint density at radius 1 is 0.975 bits per heavy atom. The number of ether oxygens (including phenoxy) is 1. The highest BCUT2D eigenvalue weighted by Gasteiger charge is 2.23. The molecule has 5 aromatic rings. The van der Waals surface area contributed by atoms with E-state index >= 15 is 0 Å². The molecule has 0 aliphatic carbocycles. The van der Waals surface area contributed by atoms with Crippen LogP contribution in [0, 0.1) is 0 Å². The molecule has 3 aromatic heterocycles. The quantitative estimate of drug-likeness (QED) is 0.291. The van der Waals surface area contributed by atoms with Crippen LogP contribution in [-0.4, -0.2) is 57.1 Å². The van der Waals surface area contributed by atoms with Crippen LogP contribution >= 0.6 is 0 Å². The number of nitrogens with one attached hydrogen (secondary N) is 1. The molecule has 1 N–H and O–H groups in total. The SMILES string of the molecule is CCc1nc2cc(Nc3nccc(-c4ccc(N5CCN(C(=O)OCc6ccccc6)CC5)nc4)n3)ccc2o1. The molecule has 0 bridgehead atoms. The molecule has 4 heterocycles. The number of benzene rings is 2. The Bertz CT molecular complexity index is 1600. The summed E-state index contributed by atoms with van der Waals surface area (Å²) < 4.78 is 11.2. The van der Waals surface area contributed by atoms with Gasteiger partial charge in [-0.05, 0) is 42.0 Å². The van der Waals surface area contributed by atoms with Crippen molar-refractivity contribution in [1.29, 1.82) is 0 Å². The molecule has 10 heteroatoms. The molecule has 1 amide bonds. The number of anilines is 3. The van der Waals surface area contributed by atoms with E-state index in [2.05, 4.69) is 30.2 Å². The lowest BCUT2D eigenvalue weighted by atomic mass is 10.2. The van der Waals surface area contributed by atoms with Crippen molar-refractivity contribution in [3.05, 3.63) is 90.6 Å². The number of oxazole rings is 1. The summed E-state index contributed by atoms with van der Waals surface area (Å²) in [6, 6.07) is 21.3. The fourth-order valence-corrected chi connectivity index (χ4v) is 4.57. The lowest BCUT2D eigenvalue weighted by Crippen LogP contribution is -2.49. The van der Waals surface area contributed by atoms with Crippen molar-refractivity contribution >= 4 is 34.6 Å². The third-order valence-corrected chi connectivity index (χ3v) is 6.76. The highest BCUT2D eigenvalue weighted by Crippen LogP contribution is 2.24. The highest BCUT2D eigenvalue weighted by atomic mass is 16.6. The number of nitrogens with zero attached hydrogens (tertiary/aromatic N) is 6. The average molecular weight is 536 g/mol. The molecule has 1 aliphatic rings. The third-order valence-electron chi connectivity index (χ3n) is 6.76. The van der Waals surface area contributed by atoms with Gasteiger partial charge in [0.25, 0.3) is 0 Å². The van der Waals surface area contributed by atoms with Crippen molar-refractivity contribution in [2.75, 3.05) is 36.4 Å². The molecule has 202 valence electrons. The first kappa shape index (κ1) is 25.3. The van der Waals surface area contributed by atoms with Crippen molar-refractivity contribution in [2.24, 2.45) is 0 Å². The lowest BCUT2D eigenvalue weighted by molar-refractivity contribution is 0.0941. The average Bonchev–Trinajstić information content (AvgIpc) is 3.43. The van der Waals surface area contributed by atoms with E-state index in [4.69, 9.17) is 9.15 Å². The molecule has 2 aromatic carbocycles. The second kappa shape index (κ2) is 11.4. The maximum Gasteiger partial charge on any atom is 0.410 e. The van der Waals surface area contributed by atoms with E-state index in [0.29, 0.717) is 38.0 Å². The van der Waals surface area contributed by atoms with Crippen molar-refractivity contribution in [3.8, 4) is 11.3 Å². The van der Waals surface area contributed by atoms with E-state index in [0.717, 1.165) is 45.8 Å². The largest absolute Gasteiger partial charge is 0.445 e. The number of hydrogen-bond donors (Lipinski definition) is 1. The van der Waals surface area contributed by atoms with Gasteiger partial charge in [0.05, 0.1) is 5.69 Å². The Morgan fingerprint density at radius 2 is 1.82 bits per heavy atom. The summed E-state index contributed by atoms with van der Waals surface area (Å²) in [4.78, 5) is 34.6. The molecule has 0 radical (unpaired) electrons. The van der Waals surface area contributed by atoms with Gasteiger partial charge in [0.15, 0.2) is 11.5 Å². The van der Waals surface area contributed by atoms with Crippen LogP contribution in [0.2, 0.25) is 0 Å². The molecular formula is C30H29N7O3. The second-order valence-electron chi connectivity index (χ2n) is 9.45. The van der Waals surface area contributed by atoms with Gasteiger partial charge in [-0.3, -0.25) is 0 Å². The summed E-state index contributed by atoms with van der Waals surface area (Å²) in [6.07, 6.45) is 4.00. The van der Waals surface area contributed by atoms with Crippen LogP contribution in [0.1, 0.15) is 18.4 Å². The predicted molar refractivity (Wildman–Crippen MR) is 152 cm³/mol. The van der Waals surface area contributed by atoms with Gasteiger partial charge in [-0.25, -0.2) is 24.7 Å². The van der Waals surface area contributed by atoms with Crippen LogP contribution in [0.15, 0.2) is 83.5 Å². The number of hydrogen-bond acceptors (Lipinski definition) is 9. The molecule has 40 heavy (non-hydrogen) atoms. The minimum Gasteiger partial charge on any atom is -0.445 e. The standard InChI is InChI=1S/C30H29N7O3/c1-2-28-34-25-18-23(9-10-26(25)40-28)33-29-31-13-12-24(35-29)22-8-11-27(32-19-22)36-14-16-37(17-15-36)30(38)39-20-21-6-4-3-5-7-21/h3-13,18-19H,2,14-17,20H2,1H3,(H,31,33,35). The van der Waals surface area contributed by atoms with E-state index in [9.17, 15) is 4.79 Å². The maximum absolute atomic E-state index is 12.5. The first-order valence-electron chi connectivity index (χ1n) is 13.3. The smallest absolute Gasteiger partial charge is 0.410 e. The number of amides is 1. The Balaban J connectivity index is 1.05. The fraction of sp³-hybridized carbons (Fsp3) is 0.233. The minimum atomic E-state index is -0.286. The van der Waals surface area contributed by atoms with Crippen molar-refractivity contribution < 1.29 is 13.9 Å². The summed E-state index contributed by atoms with van der Waals surface area (Å²) in [5, 5.41) is 3.25. The van der Waals surface area contributed by atoms with Crippen LogP contribution in [0.3, 0.4) is 0 Å². The maximum atomic E-state index is 12.5. The molecule has 0 atom stereocenters. The van der Waals surface area contributed by atoms with E-state index in [1.165, 1.54) is 0 Å². The lowest BCUT2D eigenvalue weighted by Gasteiger charge is -2.34. The van der Waals surface area contributed by atoms with Gasteiger partial charge < -0.3 is 24.3 Å². The number of aromatic nitrogens is 4. The minimum absolute atomic E-state index is 0.278. The van der Waals surface area contributed by atoms with Gasteiger partial charge in [-0.2, -0.15) is 0 Å². The number of fused-ring (bicyclic) bond motifs is 1. The van der Waals surface area contributed by atoms with E-state index in [1.807, 2.05) is 79.9 Å². The predicted octanol–water partition coefficient (Wildman–Crippen LogP) is 5.44. The van der Waals surface area contributed by atoms with Crippen molar-refractivity contribution in [2.45, 2.75) is 20.0 Å². The monoisotopic (exact) mass is 535 g/mol. The molecule has 0 spiro atoms. The Labute approximate surface area is 231 Å². The zero-order chi connectivity index (χ0) is 27.3. The summed E-state index contributed by atoms with van der Waals surface area (Å²) in [6.45, 7) is 4.82. The zero-order valence-corrected chi connectivity index (χ0v) is 22.2. The van der Waals surface area contributed by atoms with Crippen LogP contribution in [0.25, 0.3) is 22.4 Å². The Hall–Kier alpha value is -4.99. The van der Waals surface area contributed by atoms with Crippen LogP contribution < -0.4 is 10.2 Å². The third kappa shape index (κ3) is 5.70. The molecule has 0 saturated carbocycles. The number of carbonyl (C=O) groups is 1. The Kier molecular flexibility index (Phi) is 7.21. The van der Waals surface area contributed by atoms with Crippen LogP contribution in [-0.2, 0) is 17.8 Å². The van der Waals surface area contributed by atoms with Gasteiger partial charge in [-0.1, -0.05) is 37.3 Å². The summed E-state index contributed by atoms with van der Waals surface area (Å²) in [5.74, 6) is 2.06. The molecule has 6 rings (SSSR count). The van der Waals surface area contributed by atoms with Gasteiger partial charge in [0.1, 0.15) is 17.9 Å². The van der Waals surface area contributed by atoms with E-state index < -0.39 is 0 Å². The first-order chi connectivity index (χ1) is 19.6. The number of aryl methyl sites for hydroxylation is 1. The van der Waals surface area contributed by atoms with Gasteiger partial charge >= 0.3 is 6.09 Å².